The Hall–Kier alpha value is -2.76. The molecule has 1 aromatic heterocycles. The molecule has 1 saturated carbocycles. The van der Waals surface area contributed by atoms with Gasteiger partial charge in [-0.25, -0.2) is 9.07 Å². The van der Waals surface area contributed by atoms with Crippen molar-refractivity contribution in [3.05, 3.63) is 59.4 Å². The van der Waals surface area contributed by atoms with Crippen LogP contribution in [0.3, 0.4) is 0 Å². The molecular formula is C23H27FN4O. The van der Waals surface area contributed by atoms with Crippen LogP contribution >= 0.6 is 0 Å². The second kappa shape index (κ2) is 7.93. The quantitative estimate of drug-likeness (QED) is 0.677. The monoisotopic (exact) mass is 394 g/mol. The third kappa shape index (κ3) is 4.16. The van der Waals surface area contributed by atoms with E-state index < -0.39 is 0 Å². The highest BCUT2D eigenvalue weighted by Gasteiger charge is 2.23. The number of fused-ring (bicyclic) bond motifs is 1. The first-order chi connectivity index (χ1) is 13.9. The van der Waals surface area contributed by atoms with E-state index >= 15 is 0 Å². The van der Waals surface area contributed by atoms with Gasteiger partial charge in [0.1, 0.15) is 11.3 Å². The minimum absolute atomic E-state index is 0.144. The first-order valence-corrected chi connectivity index (χ1v) is 10.3. The summed E-state index contributed by atoms with van der Waals surface area (Å²) in [6, 6.07) is 12.4. The molecule has 0 bridgehead atoms. The SMILES string of the molecule is CC(C)(CNC(=O)c1ccc2c(c1)nnn2C1CCCCC1)c1ccc(F)cc1. The van der Waals surface area contributed by atoms with Gasteiger partial charge in [-0.2, -0.15) is 0 Å². The zero-order valence-electron chi connectivity index (χ0n) is 17.0. The lowest BCUT2D eigenvalue weighted by molar-refractivity contribution is 0.0946. The Balaban J connectivity index is 1.46. The summed E-state index contributed by atoms with van der Waals surface area (Å²) in [6.07, 6.45) is 6.03. The van der Waals surface area contributed by atoms with Gasteiger partial charge in [-0.15, -0.1) is 5.10 Å². The highest BCUT2D eigenvalue weighted by Crippen LogP contribution is 2.30. The third-order valence-electron chi connectivity index (χ3n) is 5.97. The van der Waals surface area contributed by atoms with Crippen LogP contribution in [0, 0.1) is 5.82 Å². The number of nitrogens with one attached hydrogen (secondary N) is 1. The van der Waals surface area contributed by atoms with Crippen molar-refractivity contribution in [2.45, 2.75) is 57.4 Å². The summed E-state index contributed by atoms with van der Waals surface area (Å²) in [5.74, 6) is -0.405. The number of carbonyl (C=O) groups is 1. The molecule has 0 atom stereocenters. The van der Waals surface area contributed by atoms with Crippen LogP contribution in [0.5, 0.6) is 0 Å². The lowest BCUT2D eigenvalue weighted by Gasteiger charge is -2.25. The van der Waals surface area contributed by atoms with Crippen LogP contribution in [0.4, 0.5) is 4.39 Å². The van der Waals surface area contributed by atoms with Gasteiger partial charge in [0.15, 0.2) is 0 Å². The van der Waals surface area contributed by atoms with Gasteiger partial charge >= 0.3 is 0 Å². The molecule has 5 nitrogen and oxygen atoms in total. The molecule has 1 aliphatic carbocycles. The van der Waals surface area contributed by atoms with E-state index in [0.29, 0.717) is 18.2 Å². The number of benzene rings is 2. The van der Waals surface area contributed by atoms with Crippen LogP contribution in [0.1, 0.15) is 67.9 Å². The van der Waals surface area contributed by atoms with Gasteiger partial charge in [0.2, 0.25) is 0 Å². The van der Waals surface area contributed by atoms with Crippen molar-refractivity contribution in [3.63, 3.8) is 0 Å². The first-order valence-electron chi connectivity index (χ1n) is 10.3. The normalized spacial score (nSPS) is 15.6. The Labute approximate surface area is 170 Å². The third-order valence-corrected chi connectivity index (χ3v) is 5.97. The van der Waals surface area contributed by atoms with E-state index in [-0.39, 0.29) is 17.1 Å². The van der Waals surface area contributed by atoms with Gasteiger partial charge in [0.25, 0.3) is 5.91 Å². The molecule has 0 spiro atoms. The summed E-state index contributed by atoms with van der Waals surface area (Å²) in [7, 11) is 0. The largest absolute Gasteiger partial charge is 0.351 e. The van der Waals surface area contributed by atoms with E-state index in [0.717, 1.165) is 29.4 Å². The van der Waals surface area contributed by atoms with Crippen LogP contribution in [-0.4, -0.2) is 27.4 Å². The molecular weight excluding hydrogens is 367 g/mol. The van der Waals surface area contributed by atoms with Gasteiger partial charge in [-0.05, 0) is 48.7 Å². The molecule has 29 heavy (non-hydrogen) atoms. The molecule has 1 amide bonds. The topological polar surface area (TPSA) is 59.8 Å². The summed E-state index contributed by atoms with van der Waals surface area (Å²) in [5.41, 5.74) is 2.98. The number of aromatic nitrogens is 3. The smallest absolute Gasteiger partial charge is 0.251 e. The van der Waals surface area contributed by atoms with Crippen molar-refractivity contribution in [2.24, 2.45) is 0 Å². The number of nitrogens with zero attached hydrogens (tertiary/aromatic N) is 3. The fourth-order valence-corrected chi connectivity index (χ4v) is 4.08. The van der Waals surface area contributed by atoms with Crippen molar-refractivity contribution >= 4 is 16.9 Å². The fraction of sp³-hybridized carbons (Fsp3) is 0.435. The van der Waals surface area contributed by atoms with Crippen LogP contribution in [-0.2, 0) is 5.41 Å². The van der Waals surface area contributed by atoms with E-state index in [1.165, 1.54) is 31.4 Å². The van der Waals surface area contributed by atoms with E-state index in [2.05, 4.69) is 15.6 Å². The zero-order chi connectivity index (χ0) is 20.4. The summed E-state index contributed by atoms with van der Waals surface area (Å²) in [4.78, 5) is 12.7. The van der Waals surface area contributed by atoms with Gasteiger partial charge < -0.3 is 5.32 Å². The van der Waals surface area contributed by atoms with E-state index in [9.17, 15) is 9.18 Å². The van der Waals surface area contributed by atoms with Gasteiger partial charge in [0, 0.05) is 17.5 Å². The number of amides is 1. The number of hydrogen-bond donors (Lipinski definition) is 1. The lowest BCUT2D eigenvalue weighted by atomic mass is 9.84. The Bertz CT molecular complexity index is 1000. The highest BCUT2D eigenvalue weighted by atomic mass is 19.1. The Morgan fingerprint density at radius 1 is 1.14 bits per heavy atom. The predicted octanol–water partition coefficient (Wildman–Crippen LogP) is 4.78. The van der Waals surface area contributed by atoms with Gasteiger partial charge in [0.05, 0.1) is 11.6 Å². The van der Waals surface area contributed by atoms with Crippen molar-refractivity contribution in [3.8, 4) is 0 Å². The molecule has 2 aromatic carbocycles. The maximum atomic E-state index is 13.2. The molecule has 1 N–H and O–H groups in total. The van der Waals surface area contributed by atoms with E-state index in [1.807, 2.05) is 36.7 Å². The molecule has 152 valence electrons. The average Bonchev–Trinajstić information content (AvgIpc) is 3.16. The summed E-state index contributed by atoms with van der Waals surface area (Å²) < 4.78 is 15.2. The second-order valence-electron chi connectivity index (χ2n) is 8.60. The summed E-state index contributed by atoms with van der Waals surface area (Å²) in [6.45, 7) is 4.50. The maximum absolute atomic E-state index is 13.2. The number of rotatable bonds is 5. The molecule has 4 rings (SSSR count). The Morgan fingerprint density at radius 2 is 1.86 bits per heavy atom. The van der Waals surface area contributed by atoms with E-state index in [4.69, 9.17) is 0 Å². The molecule has 1 aliphatic rings. The van der Waals surface area contributed by atoms with Crippen molar-refractivity contribution in [2.75, 3.05) is 6.54 Å². The molecule has 0 unspecified atom stereocenters. The minimum atomic E-state index is -0.308. The van der Waals surface area contributed by atoms with Gasteiger partial charge in [-0.1, -0.05) is 50.5 Å². The van der Waals surface area contributed by atoms with E-state index in [1.54, 1.807) is 12.1 Å². The average molecular weight is 394 g/mol. The van der Waals surface area contributed by atoms with Crippen LogP contribution in [0.2, 0.25) is 0 Å². The summed E-state index contributed by atoms with van der Waals surface area (Å²) in [5, 5.41) is 11.7. The molecule has 3 aromatic rings. The minimum Gasteiger partial charge on any atom is -0.351 e. The first kappa shape index (κ1) is 19.6. The fourth-order valence-electron chi connectivity index (χ4n) is 4.08. The molecule has 6 heteroatoms. The number of hydrogen-bond acceptors (Lipinski definition) is 3. The Morgan fingerprint density at radius 3 is 2.59 bits per heavy atom. The van der Waals surface area contributed by atoms with Crippen molar-refractivity contribution in [1.29, 1.82) is 0 Å². The van der Waals surface area contributed by atoms with Crippen LogP contribution in [0.25, 0.3) is 11.0 Å². The molecule has 0 aliphatic heterocycles. The van der Waals surface area contributed by atoms with Crippen LogP contribution in [0.15, 0.2) is 42.5 Å². The number of carbonyl (C=O) groups excluding carboxylic acids is 1. The maximum Gasteiger partial charge on any atom is 0.251 e. The zero-order valence-corrected chi connectivity index (χ0v) is 17.0. The molecule has 1 heterocycles. The van der Waals surface area contributed by atoms with Crippen molar-refractivity contribution < 1.29 is 9.18 Å². The predicted molar refractivity (Wildman–Crippen MR) is 111 cm³/mol. The molecule has 0 saturated heterocycles. The van der Waals surface area contributed by atoms with Crippen molar-refractivity contribution in [1.82, 2.24) is 20.3 Å². The highest BCUT2D eigenvalue weighted by molar-refractivity contribution is 5.97. The summed E-state index contributed by atoms with van der Waals surface area (Å²) >= 11 is 0. The Kier molecular flexibility index (Phi) is 5.35. The molecule has 1 fully saturated rings. The number of halogens is 1. The standard InChI is InChI=1S/C23H27FN4O/c1-23(2,17-9-11-18(24)12-10-17)15-25-22(29)16-8-13-21-20(14-16)26-27-28(21)19-6-4-3-5-7-19/h8-14,19H,3-7,15H2,1-2H3,(H,25,29). The van der Waals surface area contributed by atoms with Gasteiger partial charge in [-0.3, -0.25) is 4.79 Å². The molecule has 0 radical (unpaired) electrons. The lowest BCUT2D eigenvalue weighted by Crippen LogP contribution is -2.36. The van der Waals surface area contributed by atoms with Crippen LogP contribution < -0.4 is 5.32 Å². The second-order valence-corrected chi connectivity index (χ2v) is 8.60.